The average molecular weight is 337 g/mol. The maximum absolute atomic E-state index is 10.9. The van der Waals surface area contributed by atoms with Gasteiger partial charge in [-0.2, -0.15) is 5.10 Å². The fourth-order valence-corrected chi connectivity index (χ4v) is 3.23. The van der Waals surface area contributed by atoms with Crippen LogP contribution in [-0.4, -0.2) is 30.8 Å². The Morgan fingerprint density at radius 3 is 2.29 bits per heavy atom. The Bertz CT molecular complexity index is 1000. The lowest BCUT2D eigenvalue weighted by molar-refractivity contribution is 0.0697. The molecule has 2 heterocycles. The normalized spacial score (nSPS) is 11.0. The van der Waals surface area contributed by atoms with Crippen LogP contribution >= 0.6 is 11.3 Å². The zero-order valence-electron chi connectivity index (χ0n) is 12.2. The van der Waals surface area contributed by atoms with E-state index in [4.69, 9.17) is 5.11 Å². The van der Waals surface area contributed by atoms with Crippen LogP contribution in [0.25, 0.3) is 26.8 Å². The van der Waals surface area contributed by atoms with Crippen molar-refractivity contribution in [1.82, 2.24) is 14.6 Å². The number of aromatic carboxylic acids is 1. The predicted molar refractivity (Wildman–Crippen MR) is 90.4 cm³/mol. The first-order valence-corrected chi connectivity index (χ1v) is 7.91. The number of carbonyl (C=O) groups is 1. The van der Waals surface area contributed by atoms with Gasteiger partial charge in [-0.05, 0) is 36.4 Å². The molecule has 4 rings (SSSR count). The molecule has 6 nitrogen and oxygen atoms in total. The summed E-state index contributed by atoms with van der Waals surface area (Å²) in [6.45, 7) is 0. The number of carboxylic acids is 1. The monoisotopic (exact) mass is 337 g/mol. The van der Waals surface area contributed by atoms with E-state index in [0.717, 1.165) is 26.8 Å². The van der Waals surface area contributed by atoms with Crippen LogP contribution in [0.3, 0.4) is 0 Å². The van der Waals surface area contributed by atoms with Gasteiger partial charge in [0.1, 0.15) is 10.8 Å². The molecule has 0 radical (unpaired) electrons. The van der Waals surface area contributed by atoms with Crippen molar-refractivity contribution in [2.45, 2.75) is 0 Å². The Kier molecular flexibility index (Phi) is 3.28. The van der Waals surface area contributed by atoms with E-state index < -0.39 is 5.97 Å². The van der Waals surface area contributed by atoms with Crippen molar-refractivity contribution in [1.29, 1.82) is 0 Å². The number of hydrogen-bond donors (Lipinski definition) is 2. The van der Waals surface area contributed by atoms with Crippen LogP contribution in [0.1, 0.15) is 10.4 Å². The summed E-state index contributed by atoms with van der Waals surface area (Å²) < 4.78 is 1.70. The molecule has 0 fully saturated rings. The lowest BCUT2D eigenvalue weighted by Gasteiger charge is -1.98. The number of benzene rings is 2. The average Bonchev–Trinajstić information content (AvgIpc) is 3.14. The molecule has 2 aromatic carbocycles. The molecule has 118 valence electrons. The van der Waals surface area contributed by atoms with E-state index in [2.05, 4.69) is 10.1 Å². The van der Waals surface area contributed by atoms with Gasteiger partial charge in [-0.15, -0.1) is 0 Å². The molecular formula is C17H11N3O3S. The quantitative estimate of drug-likeness (QED) is 0.597. The van der Waals surface area contributed by atoms with Crippen molar-refractivity contribution in [3.8, 4) is 27.6 Å². The number of phenols is 1. The first-order valence-electron chi connectivity index (χ1n) is 7.09. The highest BCUT2D eigenvalue weighted by Crippen LogP contribution is 2.29. The number of fused-ring (bicyclic) bond motifs is 1. The largest absolute Gasteiger partial charge is 0.508 e. The van der Waals surface area contributed by atoms with Gasteiger partial charge in [0, 0.05) is 11.1 Å². The van der Waals surface area contributed by atoms with E-state index in [9.17, 15) is 9.90 Å². The summed E-state index contributed by atoms with van der Waals surface area (Å²) >= 11 is 1.44. The van der Waals surface area contributed by atoms with E-state index in [-0.39, 0.29) is 11.3 Å². The fourth-order valence-electron chi connectivity index (χ4n) is 2.34. The van der Waals surface area contributed by atoms with Crippen LogP contribution < -0.4 is 0 Å². The standard InChI is InChI=1S/C17H11N3O3S/c21-13-7-5-11(6-8-13)15-19-20-9-14(18-17(20)24-15)10-1-3-12(4-2-10)16(22)23/h1-9,21H,(H,22,23). The second-order valence-electron chi connectivity index (χ2n) is 5.19. The van der Waals surface area contributed by atoms with E-state index in [1.54, 1.807) is 53.0 Å². The van der Waals surface area contributed by atoms with Crippen LogP contribution in [0.5, 0.6) is 5.75 Å². The summed E-state index contributed by atoms with van der Waals surface area (Å²) in [7, 11) is 0. The van der Waals surface area contributed by atoms with Gasteiger partial charge in [-0.3, -0.25) is 0 Å². The number of aromatic hydroxyl groups is 1. The Morgan fingerprint density at radius 1 is 1.00 bits per heavy atom. The first-order chi connectivity index (χ1) is 11.6. The third kappa shape index (κ3) is 2.50. The smallest absolute Gasteiger partial charge is 0.335 e. The highest BCUT2D eigenvalue weighted by Gasteiger charge is 2.11. The van der Waals surface area contributed by atoms with Crippen LogP contribution in [0, 0.1) is 0 Å². The van der Waals surface area contributed by atoms with Crippen LogP contribution in [0.2, 0.25) is 0 Å². The molecule has 4 aromatic rings. The van der Waals surface area contributed by atoms with Gasteiger partial charge in [-0.1, -0.05) is 23.5 Å². The van der Waals surface area contributed by atoms with Crippen molar-refractivity contribution < 1.29 is 15.0 Å². The van der Waals surface area contributed by atoms with Crippen molar-refractivity contribution >= 4 is 22.3 Å². The van der Waals surface area contributed by atoms with Crippen molar-refractivity contribution in [2.75, 3.05) is 0 Å². The molecule has 0 amide bonds. The molecule has 0 bridgehead atoms. The number of phenolic OH excluding ortho intramolecular Hbond substituents is 1. The van der Waals surface area contributed by atoms with E-state index in [1.807, 2.05) is 6.20 Å². The molecule has 0 unspecified atom stereocenters. The molecule has 24 heavy (non-hydrogen) atoms. The highest BCUT2D eigenvalue weighted by molar-refractivity contribution is 7.19. The van der Waals surface area contributed by atoms with Crippen molar-refractivity contribution in [2.24, 2.45) is 0 Å². The molecule has 0 saturated carbocycles. The van der Waals surface area contributed by atoms with Crippen molar-refractivity contribution in [3.05, 3.63) is 60.3 Å². The van der Waals surface area contributed by atoms with Gasteiger partial charge in [0.05, 0.1) is 17.5 Å². The highest BCUT2D eigenvalue weighted by atomic mass is 32.1. The number of hydrogen-bond acceptors (Lipinski definition) is 5. The Balaban J connectivity index is 1.68. The topological polar surface area (TPSA) is 87.7 Å². The summed E-state index contributed by atoms with van der Waals surface area (Å²) in [5, 5.41) is 23.6. The lowest BCUT2D eigenvalue weighted by atomic mass is 10.1. The zero-order valence-corrected chi connectivity index (χ0v) is 13.1. The molecule has 0 aliphatic heterocycles. The molecule has 0 saturated heterocycles. The minimum absolute atomic E-state index is 0.215. The van der Waals surface area contributed by atoms with Gasteiger partial charge in [0.15, 0.2) is 0 Å². The Morgan fingerprint density at radius 2 is 1.67 bits per heavy atom. The van der Waals surface area contributed by atoms with Crippen LogP contribution in [0.4, 0.5) is 0 Å². The Labute approximate surface area is 140 Å². The summed E-state index contributed by atoms with van der Waals surface area (Å²) in [5.74, 6) is -0.736. The van der Waals surface area contributed by atoms with Crippen molar-refractivity contribution in [3.63, 3.8) is 0 Å². The molecule has 2 N–H and O–H groups in total. The second-order valence-corrected chi connectivity index (χ2v) is 6.15. The Hall–Kier alpha value is -3.19. The molecule has 7 heteroatoms. The summed E-state index contributed by atoms with van der Waals surface area (Å²) in [6.07, 6.45) is 1.81. The van der Waals surface area contributed by atoms with E-state index >= 15 is 0 Å². The van der Waals surface area contributed by atoms with E-state index in [1.165, 1.54) is 11.3 Å². The van der Waals surface area contributed by atoms with Gasteiger partial charge >= 0.3 is 5.97 Å². The van der Waals surface area contributed by atoms with Gasteiger partial charge in [0.25, 0.3) is 0 Å². The van der Waals surface area contributed by atoms with Gasteiger partial charge in [0.2, 0.25) is 4.96 Å². The third-order valence-electron chi connectivity index (χ3n) is 3.59. The number of imidazole rings is 1. The summed E-state index contributed by atoms with van der Waals surface area (Å²) in [4.78, 5) is 16.2. The van der Waals surface area contributed by atoms with Gasteiger partial charge < -0.3 is 10.2 Å². The number of rotatable bonds is 3. The molecule has 0 aliphatic rings. The minimum atomic E-state index is -0.951. The number of carboxylic acid groups (broad SMARTS) is 1. The molecule has 0 spiro atoms. The molecule has 0 aliphatic carbocycles. The molecular weight excluding hydrogens is 326 g/mol. The zero-order chi connectivity index (χ0) is 16.7. The molecule has 0 atom stereocenters. The maximum Gasteiger partial charge on any atom is 0.335 e. The lowest BCUT2D eigenvalue weighted by Crippen LogP contribution is -1.94. The SMILES string of the molecule is O=C(O)c1ccc(-c2cn3nc(-c4ccc(O)cc4)sc3n2)cc1. The summed E-state index contributed by atoms with van der Waals surface area (Å²) in [5.41, 5.74) is 2.73. The van der Waals surface area contributed by atoms with Crippen LogP contribution in [0.15, 0.2) is 54.7 Å². The van der Waals surface area contributed by atoms with E-state index in [0.29, 0.717) is 0 Å². The maximum atomic E-state index is 10.9. The minimum Gasteiger partial charge on any atom is -0.508 e. The number of aromatic nitrogens is 3. The van der Waals surface area contributed by atoms with Crippen LogP contribution in [-0.2, 0) is 0 Å². The third-order valence-corrected chi connectivity index (χ3v) is 4.56. The second kappa shape index (κ2) is 5.47. The predicted octanol–water partition coefficient (Wildman–Crippen LogP) is 3.53. The summed E-state index contributed by atoms with van der Waals surface area (Å²) in [6, 6.07) is 13.4. The fraction of sp³-hybridized carbons (Fsp3) is 0. The molecule has 2 aromatic heterocycles. The first kappa shape index (κ1) is 14.4. The van der Waals surface area contributed by atoms with Gasteiger partial charge in [-0.25, -0.2) is 14.3 Å². The number of nitrogens with zero attached hydrogens (tertiary/aromatic N) is 3.